The number of rotatable bonds is 3. The van der Waals surface area contributed by atoms with Crippen molar-refractivity contribution in [2.24, 2.45) is 10.7 Å². The number of aromatic carboxylic acids is 1. The predicted octanol–water partition coefficient (Wildman–Crippen LogP) is 1.02. The minimum absolute atomic E-state index is 0.153. The molecular formula is C12H8N4O2. The standard InChI is InChI=1S/C12H8N4O2/c13-5-10(15)11(6-14)16-7-8-1-3-9(4-2-8)12(17)18/h1-4,7H,15H2,(H,17,18). The average molecular weight is 240 g/mol. The maximum Gasteiger partial charge on any atom is 0.335 e. The summed E-state index contributed by atoms with van der Waals surface area (Å²) in [4.78, 5) is 14.4. The topological polar surface area (TPSA) is 123 Å². The largest absolute Gasteiger partial charge is 0.478 e. The van der Waals surface area contributed by atoms with Gasteiger partial charge < -0.3 is 10.8 Å². The summed E-state index contributed by atoms with van der Waals surface area (Å²) >= 11 is 0. The minimum atomic E-state index is -1.02. The Morgan fingerprint density at radius 3 is 2.33 bits per heavy atom. The Hall–Kier alpha value is -3.12. The molecule has 0 atom stereocenters. The van der Waals surface area contributed by atoms with E-state index in [1.165, 1.54) is 30.5 Å². The highest BCUT2D eigenvalue weighted by molar-refractivity contribution is 5.89. The second-order valence-corrected chi connectivity index (χ2v) is 3.17. The van der Waals surface area contributed by atoms with Gasteiger partial charge in [0.15, 0.2) is 5.70 Å². The lowest BCUT2D eigenvalue weighted by atomic mass is 10.1. The van der Waals surface area contributed by atoms with Crippen molar-refractivity contribution in [3.63, 3.8) is 0 Å². The molecule has 0 bridgehead atoms. The monoisotopic (exact) mass is 240 g/mol. The van der Waals surface area contributed by atoms with Crippen molar-refractivity contribution in [2.75, 3.05) is 0 Å². The smallest absolute Gasteiger partial charge is 0.335 e. The van der Waals surface area contributed by atoms with Crippen LogP contribution in [-0.4, -0.2) is 17.3 Å². The molecule has 0 aliphatic carbocycles. The third kappa shape index (κ3) is 3.19. The highest BCUT2D eigenvalue weighted by Crippen LogP contribution is 2.04. The molecule has 1 aromatic carbocycles. The van der Waals surface area contributed by atoms with E-state index in [4.69, 9.17) is 21.4 Å². The molecule has 6 nitrogen and oxygen atoms in total. The van der Waals surface area contributed by atoms with Crippen molar-refractivity contribution < 1.29 is 9.90 Å². The van der Waals surface area contributed by atoms with Gasteiger partial charge in [0.05, 0.1) is 5.56 Å². The molecular weight excluding hydrogens is 232 g/mol. The lowest BCUT2D eigenvalue weighted by Gasteiger charge is -1.95. The molecule has 0 unspecified atom stereocenters. The van der Waals surface area contributed by atoms with Crippen molar-refractivity contribution in [3.8, 4) is 12.1 Å². The summed E-state index contributed by atoms with van der Waals surface area (Å²) in [5.41, 5.74) is 5.56. The van der Waals surface area contributed by atoms with E-state index < -0.39 is 5.97 Å². The summed E-state index contributed by atoms with van der Waals surface area (Å²) in [5.74, 6) is -1.02. The Morgan fingerprint density at radius 2 is 1.89 bits per heavy atom. The summed E-state index contributed by atoms with van der Waals surface area (Å²) in [6.45, 7) is 0. The Balaban J connectivity index is 2.96. The summed E-state index contributed by atoms with van der Waals surface area (Å²) in [7, 11) is 0. The van der Waals surface area contributed by atoms with Crippen LogP contribution in [0.5, 0.6) is 0 Å². The van der Waals surface area contributed by atoms with Crippen LogP contribution in [0.25, 0.3) is 0 Å². The van der Waals surface area contributed by atoms with Gasteiger partial charge in [-0.25, -0.2) is 9.79 Å². The molecule has 1 rings (SSSR count). The van der Waals surface area contributed by atoms with Crippen molar-refractivity contribution >= 4 is 12.2 Å². The number of benzene rings is 1. The molecule has 0 aliphatic rings. The minimum Gasteiger partial charge on any atom is -0.478 e. The highest BCUT2D eigenvalue weighted by Gasteiger charge is 2.01. The van der Waals surface area contributed by atoms with Gasteiger partial charge in [-0.1, -0.05) is 12.1 Å². The summed E-state index contributed by atoms with van der Waals surface area (Å²) in [5, 5.41) is 25.9. The predicted molar refractivity (Wildman–Crippen MR) is 63.4 cm³/mol. The van der Waals surface area contributed by atoms with Crippen LogP contribution in [0.3, 0.4) is 0 Å². The molecule has 1 aromatic rings. The zero-order valence-corrected chi connectivity index (χ0v) is 9.16. The van der Waals surface area contributed by atoms with E-state index in [9.17, 15) is 4.79 Å². The lowest BCUT2D eigenvalue weighted by Crippen LogP contribution is -1.98. The second kappa shape index (κ2) is 5.83. The van der Waals surface area contributed by atoms with Crippen molar-refractivity contribution in [3.05, 3.63) is 46.8 Å². The number of hydrogen-bond acceptors (Lipinski definition) is 5. The first kappa shape index (κ1) is 12.9. The molecule has 18 heavy (non-hydrogen) atoms. The quantitative estimate of drug-likeness (QED) is 0.603. The Bertz CT molecular complexity index is 600. The number of nitrogens with two attached hydrogens (primary N) is 1. The normalized spacial score (nSPS) is 11.4. The molecule has 0 spiro atoms. The first-order valence-electron chi connectivity index (χ1n) is 4.76. The molecule has 0 saturated carbocycles. The third-order valence-corrected chi connectivity index (χ3v) is 1.98. The van der Waals surface area contributed by atoms with Gasteiger partial charge in [-0.05, 0) is 17.7 Å². The fraction of sp³-hybridized carbons (Fsp3) is 0. The van der Waals surface area contributed by atoms with Gasteiger partial charge in [0, 0.05) is 6.21 Å². The van der Waals surface area contributed by atoms with Gasteiger partial charge in [-0.15, -0.1) is 0 Å². The van der Waals surface area contributed by atoms with Gasteiger partial charge >= 0.3 is 5.97 Å². The van der Waals surface area contributed by atoms with E-state index in [-0.39, 0.29) is 17.0 Å². The van der Waals surface area contributed by atoms with Crippen LogP contribution in [-0.2, 0) is 0 Å². The first-order chi connectivity index (χ1) is 8.58. The molecule has 0 radical (unpaired) electrons. The molecule has 0 aliphatic heterocycles. The molecule has 0 aromatic heterocycles. The van der Waals surface area contributed by atoms with Crippen LogP contribution in [0.2, 0.25) is 0 Å². The van der Waals surface area contributed by atoms with Crippen LogP contribution in [0.4, 0.5) is 0 Å². The van der Waals surface area contributed by atoms with Gasteiger partial charge in [-0.3, -0.25) is 0 Å². The molecule has 0 fully saturated rings. The van der Waals surface area contributed by atoms with Crippen LogP contribution < -0.4 is 5.73 Å². The zero-order chi connectivity index (χ0) is 13.5. The van der Waals surface area contributed by atoms with Gasteiger partial charge in [0.1, 0.15) is 17.8 Å². The highest BCUT2D eigenvalue weighted by atomic mass is 16.4. The van der Waals surface area contributed by atoms with Crippen LogP contribution in [0.1, 0.15) is 15.9 Å². The number of aliphatic imine (C=N–C) groups is 1. The maximum atomic E-state index is 10.6. The third-order valence-electron chi connectivity index (χ3n) is 1.98. The lowest BCUT2D eigenvalue weighted by molar-refractivity contribution is 0.0697. The molecule has 0 saturated heterocycles. The molecule has 0 heterocycles. The van der Waals surface area contributed by atoms with Crippen molar-refractivity contribution in [1.29, 1.82) is 10.5 Å². The number of nitrogens with zero attached hydrogens (tertiary/aromatic N) is 3. The van der Waals surface area contributed by atoms with Crippen LogP contribution in [0.15, 0.2) is 40.7 Å². The summed E-state index contributed by atoms with van der Waals surface area (Å²) in [6, 6.07) is 9.20. The molecule has 3 N–H and O–H groups in total. The fourth-order valence-corrected chi connectivity index (χ4v) is 1.06. The van der Waals surface area contributed by atoms with E-state index in [1.807, 2.05) is 0 Å². The Kier molecular flexibility index (Phi) is 4.19. The number of allylic oxidation sites excluding steroid dienone is 2. The summed E-state index contributed by atoms with van der Waals surface area (Å²) in [6.07, 6.45) is 1.33. The van der Waals surface area contributed by atoms with Crippen molar-refractivity contribution in [1.82, 2.24) is 0 Å². The maximum absolute atomic E-state index is 10.6. The van der Waals surface area contributed by atoms with Crippen LogP contribution in [0, 0.1) is 22.7 Å². The van der Waals surface area contributed by atoms with Crippen molar-refractivity contribution in [2.45, 2.75) is 0 Å². The molecule has 6 heteroatoms. The number of carboxylic acids is 1. The zero-order valence-electron chi connectivity index (χ0n) is 9.16. The second-order valence-electron chi connectivity index (χ2n) is 3.17. The first-order valence-corrected chi connectivity index (χ1v) is 4.76. The SMILES string of the molecule is N#CC(N)=C(C#N)N=Cc1ccc(C(=O)O)cc1. The van der Waals surface area contributed by atoms with E-state index >= 15 is 0 Å². The summed E-state index contributed by atoms with van der Waals surface area (Å²) < 4.78 is 0. The molecule has 88 valence electrons. The fourth-order valence-electron chi connectivity index (χ4n) is 1.06. The van der Waals surface area contributed by atoms with E-state index in [1.54, 1.807) is 12.1 Å². The van der Waals surface area contributed by atoms with E-state index in [0.29, 0.717) is 5.56 Å². The van der Waals surface area contributed by atoms with Gasteiger partial charge in [0.25, 0.3) is 0 Å². The molecule has 0 amide bonds. The number of carboxylic acid groups (broad SMARTS) is 1. The van der Waals surface area contributed by atoms with Gasteiger partial charge in [0.2, 0.25) is 0 Å². The van der Waals surface area contributed by atoms with Crippen LogP contribution >= 0.6 is 0 Å². The Labute approximate surface area is 103 Å². The van der Waals surface area contributed by atoms with Gasteiger partial charge in [-0.2, -0.15) is 10.5 Å². The Morgan fingerprint density at radius 1 is 1.28 bits per heavy atom. The van der Waals surface area contributed by atoms with E-state index in [0.717, 1.165) is 0 Å². The van der Waals surface area contributed by atoms with E-state index in [2.05, 4.69) is 4.99 Å². The number of nitriles is 2. The number of carbonyl (C=O) groups is 1. The average Bonchev–Trinajstić information content (AvgIpc) is 2.39. The number of hydrogen-bond donors (Lipinski definition) is 2.